The molecule has 2 unspecified atom stereocenters. The third-order valence-electron chi connectivity index (χ3n) is 5.37. The van der Waals surface area contributed by atoms with Gasteiger partial charge in [-0.2, -0.15) is 0 Å². The standard InChI is InChI=1S/C19H20FN5O3/c1-10(26)9-23-17(27)15-16(22(4)19(23)28)21-18-24(11(2)12(3)25(15)18)14-8-6-5-7-13(14)20/h5-8,15-16H,9H2,1-4H3. The Kier molecular flexibility index (Phi) is 3.99. The zero-order valence-corrected chi connectivity index (χ0v) is 16.0. The van der Waals surface area contributed by atoms with Crippen LogP contribution >= 0.6 is 0 Å². The first-order valence-electron chi connectivity index (χ1n) is 8.90. The van der Waals surface area contributed by atoms with Crippen molar-refractivity contribution in [1.29, 1.82) is 0 Å². The van der Waals surface area contributed by atoms with Crippen LogP contribution in [0.4, 0.5) is 14.9 Å². The normalized spacial score (nSPS) is 24.1. The van der Waals surface area contributed by atoms with E-state index in [-0.39, 0.29) is 12.3 Å². The minimum atomic E-state index is -0.788. The van der Waals surface area contributed by atoms with E-state index >= 15 is 0 Å². The molecule has 9 heteroatoms. The summed E-state index contributed by atoms with van der Waals surface area (Å²) in [7, 11) is 1.55. The number of benzene rings is 1. The number of amides is 3. The lowest BCUT2D eigenvalue weighted by Gasteiger charge is -2.40. The highest BCUT2D eigenvalue weighted by Gasteiger charge is 2.56. The number of imide groups is 1. The minimum absolute atomic E-state index is 0.285. The number of aliphatic imine (C=N–C) groups is 1. The summed E-state index contributed by atoms with van der Waals surface area (Å²) in [5, 5.41) is 0. The van der Waals surface area contributed by atoms with Gasteiger partial charge in [-0.3, -0.25) is 24.3 Å². The van der Waals surface area contributed by atoms with E-state index in [2.05, 4.69) is 4.99 Å². The molecular weight excluding hydrogens is 365 g/mol. The molecule has 0 radical (unpaired) electrons. The molecular formula is C19H20FN5O3. The molecule has 146 valence electrons. The maximum Gasteiger partial charge on any atom is 0.328 e. The van der Waals surface area contributed by atoms with Gasteiger partial charge in [0, 0.05) is 18.4 Å². The lowest BCUT2D eigenvalue weighted by atomic mass is 10.1. The molecule has 0 saturated carbocycles. The van der Waals surface area contributed by atoms with Gasteiger partial charge < -0.3 is 4.90 Å². The number of fused-ring (bicyclic) bond motifs is 3. The number of carbonyl (C=O) groups is 3. The van der Waals surface area contributed by atoms with Crippen molar-refractivity contribution in [1.82, 2.24) is 14.7 Å². The molecule has 0 N–H and O–H groups in total. The predicted molar refractivity (Wildman–Crippen MR) is 99.7 cm³/mol. The monoisotopic (exact) mass is 385 g/mol. The second kappa shape index (κ2) is 6.15. The van der Waals surface area contributed by atoms with E-state index in [0.717, 1.165) is 16.3 Å². The van der Waals surface area contributed by atoms with Crippen molar-refractivity contribution in [2.24, 2.45) is 4.99 Å². The van der Waals surface area contributed by atoms with Gasteiger partial charge in [-0.05, 0) is 32.9 Å². The van der Waals surface area contributed by atoms with E-state index < -0.39 is 30.0 Å². The topological polar surface area (TPSA) is 76.5 Å². The van der Waals surface area contributed by atoms with Crippen LogP contribution in [0.3, 0.4) is 0 Å². The first-order chi connectivity index (χ1) is 13.2. The average molecular weight is 385 g/mol. The second-order valence-corrected chi connectivity index (χ2v) is 7.14. The van der Waals surface area contributed by atoms with E-state index in [9.17, 15) is 18.8 Å². The van der Waals surface area contributed by atoms with Gasteiger partial charge in [0.05, 0.1) is 12.2 Å². The molecule has 0 bridgehead atoms. The van der Waals surface area contributed by atoms with Crippen molar-refractivity contribution >= 4 is 29.4 Å². The summed E-state index contributed by atoms with van der Waals surface area (Å²) in [5.41, 5.74) is 1.81. The van der Waals surface area contributed by atoms with Crippen molar-refractivity contribution in [2.75, 3.05) is 18.5 Å². The predicted octanol–water partition coefficient (Wildman–Crippen LogP) is 1.75. The molecule has 1 fully saturated rings. The van der Waals surface area contributed by atoms with Gasteiger partial charge in [0.1, 0.15) is 11.6 Å². The van der Waals surface area contributed by atoms with Crippen LogP contribution in [0.25, 0.3) is 0 Å². The van der Waals surface area contributed by atoms with Gasteiger partial charge in [0.2, 0.25) is 5.96 Å². The van der Waals surface area contributed by atoms with Gasteiger partial charge in [-0.15, -0.1) is 0 Å². The Balaban J connectivity index is 1.79. The van der Waals surface area contributed by atoms with Crippen LogP contribution in [-0.4, -0.2) is 64.2 Å². The number of Topliss-reactive ketones (excluding diaryl/α,β-unsaturated/α-hetero) is 1. The lowest BCUT2D eigenvalue weighted by Crippen LogP contribution is -2.65. The summed E-state index contributed by atoms with van der Waals surface area (Å²) in [5.74, 6) is -0.786. The first kappa shape index (κ1) is 18.1. The second-order valence-electron chi connectivity index (χ2n) is 7.14. The van der Waals surface area contributed by atoms with E-state index in [4.69, 9.17) is 0 Å². The number of para-hydroxylation sites is 1. The quantitative estimate of drug-likeness (QED) is 0.792. The first-order valence-corrected chi connectivity index (χ1v) is 8.90. The van der Waals surface area contributed by atoms with Crippen molar-refractivity contribution < 1.29 is 18.8 Å². The molecule has 4 rings (SSSR count). The Morgan fingerprint density at radius 2 is 1.86 bits per heavy atom. The number of urea groups is 1. The highest BCUT2D eigenvalue weighted by atomic mass is 19.1. The highest BCUT2D eigenvalue weighted by Crippen LogP contribution is 2.40. The summed E-state index contributed by atoms with van der Waals surface area (Å²) in [6.45, 7) is 4.70. The van der Waals surface area contributed by atoms with Crippen LogP contribution in [0.2, 0.25) is 0 Å². The zero-order valence-electron chi connectivity index (χ0n) is 16.0. The maximum absolute atomic E-state index is 14.5. The smallest absolute Gasteiger partial charge is 0.302 e. The van der Waals surface area contributed by atoms with Gasteiger partial charge in [-0.1, -0.05) is 12.1 Å². The van der Waals surface area contributed by atoms with Crippen LogP contribution in [0.1, 0.15) is 20.8 Å². The Bertz CT molecular complexity index is 972. The Morgan fingerprint density at radius 3 is 2.50 bits per heavy atom. The lowest BCUT2D eigenvalue weighted by molar-refractivity contribution is -0.139. The molecule has 3 heterocycles. The SMILES string of the molecule is CC(=O)CN1C(=O)C2C(N=C3N(c4ccccc4F)C(C)=C(C)N32)N(C)C1=O. The van der Waals surface area contributed by atoms with E-state index in [1.807, 2.05) is 13.8 Å². The van der Waals surface area contributed by atoms with Crippen LogP contribution in [0, 0.1) is 5.82 Å². The van der Waals surface area contributed by atoms with Crippen LogP contribution < -0.4 is 4.90 Å². The molecule has 2 atom stereocenters. The van der Waals surface area contributed by atoms with E-state index in [0.29, 0.717) is 11.6 Å². The number of guanidine groups is 1. The number of anilines is 1. The van der Waals surface area contributed by atoms with Gasteiger partial charge in [-0.25, -0.2) is 14.2 Å². The number of halogens is 1. The summed E-state index contributed by atoms with van der Waals surface area (Å²) in [6.07, 6.45) is -0.740. The molecule has 8 nitrogen and oxygen atoms in total. The Morgan fingerprint density at radius 1 is 1.18 bits per heavy atom. The third-order valence-corrected chi connectivity index (χ3v) is 5.37. The molecule has 1 saturated heterocycles. The van der Waals surface area contributed by atoms with Crippen molar-refractivity contribution in [3.8, 4) is 0 Å². The number of hydrogen-bond donors (Lipinski definition) is 0. The molecule has 3 aliphatic heterocycles. The number of rotatable bonds is 3. The summed E-state index contributed by atoms with van der Waals surface area (Å²) < 4.78 is 14.5. The summed E-state index contributed by atoms with van der Waals surface area (Å²) >= 11 is 0. The molecule has 0 spiro atoms. The number of nitrogens with zero attached hydrogens (tertiary/aromatic N) is 5. The van der Waals surface area contributed by atoms with Gasteiger partial charge in [0.25, 0.3) is 5.91 Å². The molecule has 3 amide bonds. The molecule has 1 aromatic rings. The van der Waals surface area contributed by atoms with Crippen molar-refractivity contribution in [3.63, 3.8) is 0 Å². The Hall–Kier alpha value is -3.23. The zero-order chi connectivity index (χ0) is 20.3. The van der Waals surface area contributed by atoms with Crippen LogP contribution in [-0.2, 0) is 9.59 Å². The number of allylic oxidation sites excluding steroid dienone is 2. The third kappa shape index (κ3) is 2.35. The molecule has 28 heavy (non-hydrogen) atoms. The summed E-state index contributed by atoms with van der Waals surface area (Å²) in [4.78, 5) is 47.5. The Labute approximate surface area is 161 Å². The fourth-order valence-electron chi connectivity index (χ4n) is 3.90. The average Bonchev–Trinajstić information content (AvgIpc) is 3.14. The van der Waals surface area contributed by atoms with E-state index in [1.165, 1.54) is 17.9 Å². The van der Waals surface area contributed by atoms with Crippen molar-refractivity contribution in [2.45, 2.75) is 33.0 Å². The van der Waals surface area contributed by atoms with Gasteiger partial charge >= 0.3 is 6.03 Å². The van der Waals surface area contributed by atoms with Gasteiger partial charge in [0.15, 0.2) is 12.2 Å². The minimum Gasteiger partial charge on any atom is -0.302 e. The number of likely N-dealkylation sites (N-methyl/N-ethyl adjacent to an activating group) is 1. The highest BCUT2D eigenvalue weighted by molar-refractivity contribution is 6.11. The van der Waals surface area contributed by atoms with Crippen molar-refractivity contribution in [3.05, 3.63) is 41.5 Å². The fraction of sp³-hybridized carbons (Fsp3) is 0.368. The number of ketones is 1. The molecule has 0 aliphatic carbocycles. The fourth-order valence-corrected chi connectivity index (χ4v) is 3.90. The largest absolute Gasteiger partial charge is 0.328 e. The molecule has 1 aromatic carbocycles. The van der Waals surface area contributed by atoms with Crippen LogP contribution in [0.5, 0.6) is 0 Å². The maximum atomic E-state index is 14.5. The number of hydrogen-bond acceptors (Lipinski definition) is 6. The van der Waals surface area contributed by atoms with Crippen LogP contribution in [0.15, 0.2) is 40.7 Å². The molecule has 3 aliphatic rings. The number of carbonyl (C=O) groups excluding carboxylic acids is 3. The summed E-state index contributed by atoms with van der Waals surface area (Å²) in [6, 6.07) is 4.97. The molecule has 0 aromatic heterocycles. The van der Waals surface area contributed by atoms with E-state index in [1.54, 1.807) is 35.0 Å².